The second kappa shape index (κ2) is 2.86. The first kappa shape index (κ1) is 7.73. The first-order valence-electron chi connectivity index (χ1n) is 3.92. The summed E-state index contributed by atoms with van der Waals surface area (Å²) in [6, 6.07) is 0. The molecule has 0 aromatic carbocycles. The Morgan fingerprint density at radius 1 is 1.75 bits per heavy atom. The van der Waals surface area contributed by atoms with Crippen LogP contribution in [-0.4, -0.2) is 16.1 Å². The van der Waals surface area contributed by atoms with Crippen LogP contribution in [-0.2, 0) is 11.2 Å². The zero-order valence-electron chi connectivity index (χ0n) is 6.49. The van der Waals surface area contributed by atoms with E-state index in [4.69, 9.17) is 5.11 Å². The van der Waals surface area contributed by atoms with Gasteiger partial charge in [0, 0.05) is 11.1 Å². The molecule has 0 unspecified atom stereocenters. The van der Waals surface area contributed by atoms with E-state index in [2.05, 4.69) is 4.98 Å². The predicted molar refractivity (Wildman–Crippen MR) is 45.4 cm³/mol. The summed E-state index contributed by atoms with van der Waals surface area (Å²) >= 11 is 1.54. The highest BCUT2D eigenvalue weighted by molar-refractivity contribution is 7.11. The van der Waals surface area contributed by atoms with Crippen molar-refractivity contribution in [3.05, 3.63) is 16.1 Å². The van der Waals surface area contributed by atoms with Crippen molar-refractivity contribution in [2.45, 2.75) is 25.2 Å². The van der Waals surface area contributed by atoms with Gasteiger partial charge < -0.3 is 5.11 Å². The molecule has 1 aromatic heterocycles. The third kappa shape index (κ3) is 1.64. The molecule has 0 radical (unpaired) electrons. The Hall–Kier alpha value is -0.900. The van der Waals surface area contributed by atoms with Crippen molar-refractivity contribution in [1.29, 1.82) is 0 Å². The van der Waals surface area contributed by atoms with E-state index in [9.17, 15) is 4.79 Å². The van der Waals surface area contributed by atoms with E-state index in [1.165, 1.54) is 29.1 Å². The molecule has 1 N–H and O–H groups in total. The predicted octanol–water partition coefficient (Wildman–Crippen LogP) is 1.65. The van der Waals surface area contributed by atoms with E-state index in [1.807, 2.05) is 6.20 Å². The summed E-state index contributed by atoms with van der Waals surface area (Å²) in [5.74, 6) is -0.114. The van der Waals surface area contributed by atoms with Crippen LogP contribution in [0.25, 0.3) is 0 Å². The standard InChI is InChI=1S/C8H9NO2S/c10-8(11)3-7-9-4-6(12-7)5-1-2-5/h4-5H,1-3H2,(H,10,11). The molecule has 1 heterocycles. The van der Waals surface area contributed by atoms with Gasteiger partial charge in [0.25, 0.3) is 0 Å². The molecule has 4 heteroatoms. The number of carboxylic acid groups (broad SMARTS) is 1. The largest absolute Gasteiger partial charge is 0.481 e. The SMILES string of the molecule is O=C(O)Cc1ncc(C2CC2)s1. The molecule has 1 aromatic rings. The number of hydrogen-bond donors (Lipinski definition) is 1. The quantitative estimate of drug-likeness (QED) is 0.775. The van der Waals surface area contributed by atoms with Gasteiger partial charge in [-0.05, 0) is 18.8 Å². The number of aliphatic carboxylic acids is 1. The highest BCUT2D eigenvalue weighted by Crippen LogP contribution is 2.42. The van der Waals surface area contributed by atoms with E-state index in [-0.39, 0.29) is 6.42 Å². The fraction of sp³-hybridized carbons (Fsp3) is 0.500. The topological polar surface area (TPSA) is 50.2 Å². The van der Waals surface area contributed by atoms with Crippen molar-refractivity contribution in [3.8, 4) is 0 Å². The number of hydrogen-bond acceptors (Lipinski definition) is 3. The number of thiazole rings is 1. The fourth-order valence-electron chi connectivity index (χ4n) is 1.09. The van der Waals surface area contributed by atoms with Gasteiger partial charge in [-0.25, -0.2) is 4.98 Å². The van der Waals surface area contributed by atoms with Crippen LogP contribution in [0.4, 0.5) is 0 Å². The first-order chi connectivity index (χ1) is 5.75. The summed E-state index contributed by atoms with van der Waals surface area (Å²) in [7, 11) is 0. The molecule has 0 atom stereocenters. The summed E-state index contributed by atoms with van der Waals surface area (Å²) < 4.78 is 0. The third-order valence-corrected chi connectivity index (χ3v) is 3.01. The number of nitrogens with zero attached hydrogens (tertiary/aromatic N) is 1. The molecule has 1 fully saturated rings. The number of carboxylic acids is 1. The summed E-state index contributed by atoms with van der Waals surface area (Å²) in [6.45, 7) is 0. The lowest BCUT2D eigenvalue weighted by atomic mass is 10.4. The number of carbonyl (C=O) groups is 1. The molecule has 0 bridgehead atoms. The normalized spacial score (nSPS) is 16.3. The average Bonchev–Trinajstić information content (AvgIpc) is 2.73. The molecule has 0 spiro atoms. The van der Waals surface area contributed by atoms with E-state index >= 15 is 0 Å². The van der Waals surface area contributed by atoms with E-state index in [0.717, 1.165) is 5.01 Å². The minimum atomic E-state index is -0.799. The molecule has 0 amide bonds. The maximum Gasteiger partial charge on any atom is 0.310 e. The van der Waals surface area contributed by atoms with Crippen molar-refractivity contribution in [2.75, 3.05) is 0 Å². The molecule has 1 saturated carbocycles. The van der Waals surface area contributed by atoms with Crippen molar-refractivity contribution in [3.63, 3.8) is 0 Å². The van der Waals surface area contributed by atoms with Gasteiger partial charge in [0.1, 0.15) is 5.01 Å². The maximum atomic E-state index is 10.3. The maximum absolute atomic E-state index is 10.3. The summed E-state index contributed by atoms with van der Waals surface area (Å²) in [6.07, 6.45) is 4.38. The average molecular weight is 183 g/mol. The lowest BCUT2D eigenvalue weighted by Gasteiger charge is -1.86. The molecule has 0 saturated heterocycles. The molecule has 2 rings (SSSR count). The van der Waals surface area contributed by atoms with Crippen LogP contribution in [0.5, 0.6) is 0 Å². The fourth-order valence-corrected chi connectivity index (χ4v) is 2.17. The first-order valence-corrected chi connectivity index (χ1v) is 4.74. The van der Waals surface area contributed by atoms with Gasteiger partial charge in [0.2, 0.25) is 0 Å². The molecular formula is C8H9NO2S. The van der Waals surface area contributed by atoms with Gasteiger partial charge in [0.05, 0.1) is 6.42 Å². The molecular weight excluding hydrogens is 174 g/mol. The van der Waals surface area contributed by atoms with Crippen LogP contribution in [0, 0.1) is 0 Å². The Labute approximate surface area is 74.1 Å². The van der Waals surface area contributed by atoms with Crippen LogP contribution in [0.2, 0.25) is 0 Å². The smallest absolute Gasteiger partial charge is 0.310 e. The summed E-state index contributed by atoms with van der Waals surface area (Å²) in [5, 5.41) is 9.22. The van der Waals surface area contributed by atoms with E-state index in [0.29, 0.717) is 5.92 Å². The lowest BCUT2D eigenvalue weighted by Crippen LogP contribution is -1.98. The molecule has 1 aliphatic rings. The van der Waals surface area contributed by atoms with Crippen LogP contribution in [0.1, 0.15) is 28.6 Å². The van der Waals surface area contributed by atoms with Gasteiger partial charge in [-0.3, -0.25) is 4.79 Å². The van der Waals surface area contributed by atoms with Crippen LogP contribution < -0.4 is 0 Å². The highest BCUT2D eigenvalue weighted by Gasteiger charge is 2.25. The Morgan fingerprint density at radius 2 is 2.50 bits per heavy atom. The minimum absolute atomic E-state index is 0.0669. The Bertz CT molecular complexity index is 304. The van der Waals surface area contributed by atoms with Crippen molar-refractivity contribution >= 4 is 17.3 Å². The lowest BCUT2D eigenvalue weighted by molar-refractivity contribution is -0.136. The van der Waals surface area contributed by atoms with Gasteiger partial charge in [0.15, 0.2) is 0 Å². The highest BCUT2D eigenvalue weighted by atomic mass is 32.1. The van der Waals surface area contributed by atoms with E-state index in [1.54, 1.807) is 0 Å². The van der Waals surface area contributed by atoms with Crippen molar-refractivity contribution in [2.24, 2.45) is 0 Å². The zero-order valence-corrected chi connectivity index (χ0v) is 7.30. The Kier molecular flexibility index (Phi) is 1.84. The molecule has 0 aliphatic heterocycles. The van der Waals surface area contributed by atoms with Crippen LogP contribution in [0.15, 0.2) is 6.20 Å². The van der Waals surface area contributed by atoms with Crippen molar-refractivity contribution in [1.82, 2.24) is 4.98 Å². The zero-order chi connectivity index (χ0) is 8.55. The summed E-state index contributed by atoms with van der Waals surface area (Å²) in [4.78, 5) is 15.6. The number of aromatic nitrogens is 1. The number of rotatable bonds is 3. The minimum Gasteiger partial charge on any atom is -0.481 e. The van der Waals surface area contributed by atoms with Gasteiger partial charge in [-0.15, -0.1) is 11.3 Å². The Morgan fingerprint density at radius 3 is 3.08 bits per heavy atom. The monoisotopic (exact) mass is 183 g/mol. The summed E-state index contributed by atoms with van der Waals surface area (Å²) in [5.41, 5.74) is 0. The van der Waals surface area contributed by atoms with Crippen LogP contribution >= 0.6 is 11.3 Å². The van der Waals surface area contributed by atoms with Gasteiger partial charge in [-0.1, -0.05) is 0 Å². The molecule has 1 aliphatic carbocycles. The molecule has 64 valence electrons. The Balaban J connectivity index is 2.07. The van der Waals surface area contributed by atoms with Gasteiger partial charge in [-0.2, -0.15) is 0 Å². The van der Waals surface area contributed by atoms with E-state index < -0.39 is 5.97 Å². The second-order valence-electron chi connectivity index (χ2n) is 3.00. The van der Waals surface area contributed by atoms with Gasteiger partial charge >= 0.3 is 5.97 Å². The van der Waals surface area contributed by atoms with Crippen molar-refractivity contribution < 1.29 is 9.90 Å². The third-order valence-electron chi connectivity index (χ3n) is 1.85. The molecule has 3 nitrogen and oxygen atoms in total. The second-order valence-corrected chi connectivity index (χ2v) is 4.15. The van der Waals surface area contributed by atoms with Crippen LogP contribution in [0.3, 0.4) is 0 Å². The molecule has 12 heavy (non-hydrogen) atoms.